The molecule has 2 unspecified atom stereocenters. The first kappa shape index (κ1) is 22.2. The van der Waals surface area contributed by atoms with E-state index in [-0.39, 0.29) is 6.04 Å². The summed E-state index contributed by atoms with van der Waals surface area (Å²) in [5.41, 5.74) is 1.38. The number of halogens is 1. The number of nitrogens with zero attached hydrogens (tertiary/aromatic N) is 2. The van der Waals surface area contributed by atoms with Gasteiger partial charge in [-0.25, -0.2) is 12.8 Å². The van der Waals surface area contributed by atoms with Crippen molar-refractivity contribution >= 4 is 21.3 Å². The Morgan fingerprint density at radius 1 is 1.16 bits per heavy atom. The van der Waals surface area contributed by atoms with Gasteiger partial charge in [0.15, 0.2) is 16.0 Å². The molecule has 4 atom stereocenters. The highest BCUT2D eigenvalue weighted by atomic mass is 32.2. The van der Waals surface area contributed by atoms with E-state index in [0.29, 0.717) is 18.2 Å². The molecule has 0 radical (unpaired) electrons. The topological polar surface area (TPSA) is 57.7 Å². The van der Waals surface area contributed by atoms with Crippen molar-refractivity contribution in [1.29, 1.82) is 0 Å². The third kappa shape index (κ3) is 3.98. The maximum Gasteiger partial charge on any atom is 0.251 e. The molecular formula is C24H31FN2O3S. The van der Waals surface area contributed by atoms with Gasteiger partial charge in [-0.3, -0.25) is 9.69 Å². The van der Waals surface area contributed by atoms with Crippen LogP contribution in [0.5, 0.6) is 0 Å². The van der Waals surface area contributed by atoms with Crippen molar-refractivity contribution in [2.24, 2.45) is 0 Å². The minimum Gasteiger partial charge on any atom is -0.337 e. The highest BCUT2D eigenvalue weighted by molar-refractivity contribution is 7.93. The van der Waals surface area contributed by atoms with Gasteiger partial charge in [0, 0.05) is 31.4 Å². The first-order valence-electron chi connectivity index (χ1n) is 11.1. The van der Waals surface area contributed by atoms with Crippen molar-refractivity contribution in [3.63, 3.8) is 0 Å². The van der Waals surface area contributed by atoms with Crippen molar-refractivity contribution in [1.82, 2.24) is 9.80 Å². The number of amides is 1. The van der Waals surface area contributed by atoms with Gasteiger partial charge in [-0.15, -0.1) is 0 Å². The summed E-state index contributed by atoms with van der Waals surface area (Å²) in [4.78, 5) is 17.7. The van der Waals surface area contributed by atoms with Crippen LogP contribution in [0, 0.1) is 0 Å². The molecule has 2 saturated heterocycles. The van der Waals surface area contributed by atoms with Crippen LogP contribution in [0.25, 0.3) is 5.57 Å². The summed E-state index contributed by atoms with van der Waals surface area (Å²) in [6, 6.07) is 9.61. The largest absolute Gasteiger partial charge is 0.337 e. The van der Waals surface area contributed by atoms with E-state index in [1.54, 1.807) is 11.0 Å². The van der Waals surface area contributed by atoms with Crippen molar-refractivity contribution in [2.75, 3.05) is 25.9 Å². The summed E-state index contributed by atoms with van der Waals surface area (Å²) in [6.45, 7) is 4.37. The van der Waals surface area contributed by atoms with E-state index in [9.17, 15) is 13.2 Å². The first-order valence-corrected chi connectivity index (χ1v) is 13.0. The Bertz CT molecular complexity index is 991. The predicted molar refractivity (Wildman–Crippen MR) is 121 cm³/mol. The molecule has 168 valence electrons. The highest BCUT2D eigenvalue weighted by Gasteiger charge is 2.56. The highest BCUT2D eigenvalue weighted by Crippen LogP contribution is 2.38. The van der Waals surface area contributed by atoms with E-state index in [1.807, 2.05) is 30.3 Å². The van der Waals surface area contributed by atoms with Crippen LogP contribution in [-0.4, -0.2) is 73.0 Å². The fraction of sp³-hybridized carbons (Fsp3) is 0.542. The van der Waals surface area contributed by atoms with Crippen LogP contribution < -0.4 is 0 Å². The Morgan fingerprint density at radius 2 is 1.87 bits per heavy atom. The molecule has 2 fully saturated rings. The molecule has 2 aliphatic heterocycles. The minimum absolute atomic E-state index is 0.0771. The van der Waals surface area contributed by atoms with E-state index in [2.05, 4.69) is 11.8 Å². The van der Waals surface area contributed by atoms with Gasteiger partial charge in [0.2, 0.25) is 4.75 Å². The summed E-state index contributed by atoms with van der Waals surface area (Å²) in [5.74, 6) is -0.628. The van der Waals surface area contributed by atoms with Crippen molar-refractivity contribution in [3.8, 4) is 0 Å². The number of sulfone groups is 1. The number of carbonyl (C=O) groups is 1. The van der Waals surface area contributed by atoms with Crippen LogP contribution in [0.4, 0.5) is 4.39 Å². The van der Waals surface area contributed by atoms with E-state index in [0.717, 1.165) is 50.6 Å². The van der Waals surface area contributed by atoms with Crippen LogP contribution >= 0.6 is 0 Å². The lowest BCUT2D eigenvalue weighted by molar-refractivity contribution is -0.135. The van der Waals surface area contributed by atoms with Crippen LogP contribution in [0.3, 0.4) is 0 Å². The molecule has 7 heteroatoms. The summed E-state index contributed by atoms with van der Waals surface area (Å²) in [6.07, 6.45) is 7.07. The summed E-state index contributed by atoms with van der Waals surface area (Å²) in [7, 11) is -4.05. The van der Waals surface area contributed by atoms with Crippen molar-refractivity contribution in [2.45, 2.75) is 55.6 Å². The summed E-state index contributed by atoms with van der Waals surface area (Å²) >= 11 is 0. The monoisotopic (exact) mass is 446 g/mol. The fourth-order valence-electron chi connectivity index (χ4n) is 5.19. The number of allylic oxidation sites excluding steroid dienone is 3. The Labute approximate surface area is 184 Å². The number of rotatable bonds is 5. The van der Waals surface area contributed by atoms with Crippen LogP contribution in [0.1, 0.15) is 38.2 Å². The Balaban J connectivity index is 1.63. The van der Waals surface area contributed by atoms with Gasteiger partial charge in [-0.05, 0) is 56.4 Å². The van der Waals surface area contributed by atoms with Gasteiger partial charge >= 0.3 is 0 Å². The van der Waals surface area contributed by atoms with E-state index < -0.39 is 26.7 Å². The predicted octanol–water partition coefficient (Wildman–Crippen LogP) is 3.24. The zero-order valence-electron chi connectivity index (χ0n) is 18.2. The third-order valence-electron chi connectivity index (χ3n) is 7.07. The smallest absolute Gasteiger partial charge is 0.251 e. The maximum atomic E-state index is 15.7. The minimum atomic E-state index is -4.05. The lowest BCUT2D eigenvalue weighted by atomic mass is 9.89. The van der Waals surface area contributed by atoms with Gasteiger partial charge in [-0.2, -0.15) is 0 Å². The van der Waals surface area contributed by atoms with E-state index in [1.165, 1.54) is 12.2 Å². The second-order valence-electron chi connectivity index (χ2n) is 9.07. The molecule has 1 aromatic rings. The zero-order valence-corrected chi connectivity index (χ0v) is 19.0. The average Bonchev–Trinajstić information content (AvgIpc) is 3.36. The molecule has 31 heavy (non-hydrogen) atoms. The molecule has 4 rings (SSSR count). The SMILES string of the molecule is C[C@@H]1CCCN1C[C@@H]1CCCN1C(=O)C1(S(C)(=O)=O)C=CC(c2ccccc2)=CC1F. The number of benzene rings is 1. The van der Waals surface area contributed by atoms with Crippen molar-refractivity contribution < 1.29 is 17.6 Å². The molecule has 0 N–H and O–H groups in total. The molecular weight excluding hydrogens is 415 g/mol. The second-order valence-corrected chi connectivity index (χ2v) is 11.3. The molecule has 0 spiro atoms. The summed E-state index contributed by atoms with van der Waals surface area (Å²) in [5, 5.41) is 0. The number of carbonyl (C=O) groups excluding carboxylic acids is 1. The number of hydrogen-bond acceptors (Lipinski definition) is 4. The standard InChI is InChI=1S/C24H31FN2O3S/c1-18-8-6-14-26(18)17-21-11-7-15-27(21)23(28)24(31(2,29)30)13-12-20(16-22(24)25)19-9-4-3-5-10-19/h3-5,9-10,12-13,16,18,21-22H,6-8,11,14-15,17H2,1-2H3/t18-,21+,22?,24?/m1/s1. The lowest BCUT2D eigenvalue weighted by Crippen LogP contribution is -2.60. The first-order chi connectivity index (χ1) is 14.7. The number of likely N-dealkylation sites (tertiary alicyclic amines) is 2. The molecule has 1 amide bonds. The second kappa shape index (κ2) is 8.51. The lowest BCUT2D eigenvalue weighted by Gasteiger charge is -2.38. The Kier molecular flexibility index (Phi) is 6.10. The quantitative estimate of drug-likeness (QED) is 0.697. The molecule has 0 saturated carbocycles. The normalized spacial score (nSPS) is 31.8. The number of hydrogen-bond donors (Lipinski definition) is 0. The average molecular weight is 447 g/mol. The van der Waals surface area contributed by atoms with Gasteiger partial charge in [0.1, 0.15) is 0 Å². The molecule has 2 heterocycles. The summed E-state index contributed by atoms with van der Waals surface area (Å²) < 4.78 is 39.2. The third-order valence-corrected chi connectivity index (χ3v) is 8.84. The molecule has 1 aromatic carbocycles. The zero-order chi connectivity index (χ0) is 22.2. The van der Waals surface area contributed by atoms with Gasteiger partial charge in [0.05, 0.1) is 0 Å². The van der Waals surface area contributed by atoms with E-state index >= 15 is 4.39 Å². The molecule has 0 aromatic heterocycles. The number of alkyl halides is 1. The van der Waals surface area contributed by atoms with Crippen LogP contribution in [0.2, 0.25) is 0 Å². The van der Waals surface area contributed by atoms with Gasteiger partial charge in [-0.1, -0.05) is 42.5 Å². The molecule has 1 aliphatic carbocycles. The van der Waals surface area contributed by atoms with Gasteiger partial charge < -0.3 is 4.90 Å². The van der Waals surface area contributed by atoms with Gasteiger partial charge in [0.25, 0.3) is 5.91 Å². The van der Waals surface area contributed by atoms with Crippen LogP contribution in [-0.2, 0) is 14.6 Å². The van der Waals surface area contributed by atoms with Crippen molar-refractivity contribution in [3.05, 3.63) is 54.1 Å². The maximum absolute atomic E-state index is 15.7. The molecule has 3 aliphatic rings. The Hall–Kier alpha value is -1.99. The Morgan fingerprint density at radius 3 is 2.48 bits per heavy atom. The molecule has 5 nitrogen and oxygen atoms in total. The fourth-order valence-corrected chi connectivity index (χ4v) is 6.42. The van der Waals surface area contributed by atoms with Crippen LogP contribution in [0.15, 0.2) is 48.6 Å². The van der Waals surface area contributed by atoms with E-state index in [4.69, 9.17) is 0 Å². The molecule has 0 bridgehead atoms.